The zero-order valence-electron chi connectivity index (χ0n) is 19.9. The van der Waals surface area contributed by atoms with E-state index in [4.69, 9.17) is 0 Å². The van der Waals surface area contributed by atoms with Crippen LogP contribution in [0, 0.1) is 18.8 Å². The molecule has 1 nitrogen and oxygen atoms in total. The van der Waals surface area contributed by atoms with Gasteiger partial charge in [0, 0.05) is 17.7 Å². The molecule has 0 aliphatic heterocycles. The molecule has 2 saturated carbocycles. The molecule has 1 aromatic heterocycles. The Morgan fingerprint density at radius 2 is 1.41 bits per heavy atom. The van der Waals surface area contributed by atoms with Crippen LogP contribution in [0.2, 0.25) is 0 Å². The standard InChI is InChI=1S/C31H38N/c1-23-9-6-7-14-30(23)31-22-29(19-20-32(31)2)28-13-8-12-27(21-28)26-17-15-25(16-18-26)24-10-4-3-5-11-24/h6-9,12-14,19-22,24-26H,3-5,10-11,15-18H2,1-2H3/q+1. The van der Waals surface area contributed by atoms with E-state index in [0.29, 0.717) is 0 Å². The third-order valence-electron chi connectivity index (χ3n) is 8.35. The SMILES string of the molecule is Cc1ccccc1-c1cc(-c2cccc(C3CCC(C4CCCCC4)CC3)c2)cc[n+]1C. The minimum atomic E-state index is 0.741. The molecule has 1 heteroatoms. The summed E-state index contributed by atoms with van der Waals surface area (Å²) < 4.78 is 2.24. The molecule has 1 heterocycles. The van der Waals surface area contributed by atoms with Crippen LogP contribution in [0.15, 0.2) is 66.9 Å². The van der Waals surface area contributed by atoms with Crippen molar-refractivity contribution in [3.05, 3.63) is 78.0 Å². The summed E-state index contributed by atoms with van der Waals surface area (Å²) >= 11 is 0. The van der Waals surface area contributed by atoms with Gasteiger partial charge < -0.3 is 0 Å². The molecular formula is C31H38N+. The van der Waals surface area contributed by atoms with Crippen molar-refractivity contribution in [1.29, 1.82) is 0 Å². The summed E-state index contributed by atoms with van der Waals surface area (Å²) in [6.45, 7) is 2.20. The van der Waals surface area contributed by atoms with Crippen LogP contribution in [0.3, 0.4) is 0 Å². The first-order valence-corrected chi connectivity index (χ1v) is 12.8. The molecule has 0 atom stereocenters. The highest BCUT2D eigenvalue weighted by Crippen LogP contribution is 2.43. The van der Waals surface area contributed by atoms with Crippen molar-refractivity contribution in [2.45, 2.75) is 70.6 Å². The first-order chi connectivity index (χ1) is 15.7. The summed E-state index contributed by atoms with van der Waals surface area (Å²) in [7, 11) is 2.15. The van der Waals surface area contributed by atoms with Gasteiger partial charge >= 0.3 is 0 Å². The highest BCUT2D eigenvalue weighted by Gasteiger charge is 2.29. The summed E-state index contributed by atoms with van der Waals surface area (Å²) in [5, 5.41) is 0. The Kier molecular flexibility index (Phi) is 6.44. The van der Waals surface area contributed by atoms with E-state index >= 15 is 0 Å². The van der Waals surface area contributed by atoms with Crippen molar-refractivity contribution in [3.8, 4) is 22.4 Å². The first-order valence-electron chi connectivity index (χ1n) is 12.8. The molecule has 2 aliphatic carbocycles. The number of aromatic nitrogens is 1. The lowest BCUT2D eigenvalue weighted by atomic mass is 9.70. The van der Waals surface area contributed by atoms with Gasteiger partial charge in [-0.15, -0.1) is 0 Å². The Hall–Kier alpha value is -2.41. The minimum absolute atomic E-state index is 0.741. The second-order valence-electron chi connectivity index (χ2n) is 10.4. The van der Waals surface area contributed by atoms with Gasteiger partial charge in [-0.25, -0.2) is 4.57 Å². The second-order valence-corrected chi connectivity index (χ2v) is 10.4. The monoisotopic (exact) mass is 424 g/mol. The molecule has 32 heavy (non-hydrogen) atoms. The fourth-order valence-electron chi connectivity index (χ4n) is 6.38. The largest absolute Gasteiger partial charge is 0.213 e. The number of benzene rings is 2. The van der Waals surface area contributed by atoms with E-state index in [1.165, 1.54) is 85.7 Å². The molecule has 166 valence electrons. The highest BCUT2D eigenvalue weighted by atomic mass is 14.9. The van der Waals surface area contributed by atoms with E-state index in [1.54, 1.807) is 5.56 Å². The van der Waals surface area contributed by atoms with Crippen LogP contribution in [-0.2, 0) is 7.05 Å². The Morgan fingerprint density at radius 1 is 0.688 bits per heavy atom. The van der Waals surface area contributed by atoms with Gasteiger partial charge in [0.05, 0.1) is 0 Å². The number of rotatable bonds is 4. The highest BCUT2D eigenvalue weighted by molar-refractivity contribution is 5.70. The van der Waals surface area contributed by atoms with E-state index < -0.39 is 0 Å². The summed E-state index contributed by atoms with van der Waals surface area (Å²) in [6, 6.07) is 22.7. The van der Waals surface area contributed by atoms with Gasteiger partial charge in [-0.2, -0.15) is 0 Å². The predicted molar refractivity (Wildman–Crippen MR) is 135 cm³/mol. The quantitative estimate of drug-likeness (QED) is 0.373. The minimum Gasteiger partial charge on any atom is -0.201 e. The number of hydrogen-bond acceptors (Lipinski definition) is 0. The van der Waals surface area contributed by atoms with Crippen LogP contribution < -0.4 is 4.57 Å². The van der Waals surface area contributed by atoms with Gasteiger partial charge in [0.25, 0.3) is 0 Å². The molecule has 3 aromatic rings. The lowest BCUT2D eigenvalue weighted by molar-refractivity contribution is -0.660. The molecule has 0 N–H and O–H groups in total. The van der Waals surface area contributed by atoms with Gasteiger partial charge in [-0.3, -0.25) is 0 Å². The summed E-state index contributed by atoms with van der Waals surface area (Å²) in [5.74, 6) is 2.77. The van der Waals surface area contributed by atoms with E-state index in [0.717, 1.165) is 17.8 Å². The van der Waals surface area contributed by atoms with Crippen LogP contribution >= 0.6 is 0 Å². The zero-order valence-corrected chi connectivity index (χ0v) is 19.9. The van der Waals surface area contributed by atoms with Crippen molar-refractivity contribution in [3.63, 3.8) is 0 Å². The van der Waals surface area contributed by atoms with Crippen LogP contribution in [0.1, 0.15) is 74.8 Å². The lowest BCUT2D eigenvalue weighted by Crippen LogP contribution is -2.30. The van der Waals surface area contributed by atoms with Crippen LogP contribution in [0.4, 0.5) is 0 Å². The second kappa shape index (κ2) is 9.61. The van der Waals surface area contributed by atoms with Crippen molar-refractivity contribution in [1.82, 2.24) is 0 Å². The van der Waals surface area contributed by atoms with Gasteiger partial charge in [0.2, 0.25) is 5.69 Å². The smallest absolute Gasteiger partial charge is 0.201 e. The van der Waals surface area contributed by atoms with Crippen LogP contribution in [-0.4, -0.2) is 0 Å². The van der Waals surface area contributed by atoms with Crippen molar-refractivity contribution in [2.24, 2.45) is 18.9 Å². The average molecular weight is 425 g/mol. The maximum Gasteiger partial charge on any atom is 0.213 e. The van der Waals surface area contributed by atoms with Gasteiger partial charge in [0.15, 0.2) is 6.20 Å². The van der Waals surface area contributed by atoms with Crippen molar-refractivity contribution >= 4 is 0 Å². The molecule has 0 saturated heterocycles. The molecule has 2 aromatic carbocycles. The zero-order chi connectivity index (χ0) is 21.9. The number of hydrogen-bond donors (Lipinski definition) is 0. The predicted octanol–water partition coefficient (Wildman–Crippen LogP) is 8.01. The van der Waals surface area contributed by atoms with E-state index in [9.17, 15) is 0 Å². The normalized spacial score (nSPS) is 22.1. The molecule has 0 radical (unpaired) electrons. The van der Waals surface area contributed by atoms with Crippen LogP contribution in [0.5, 0.6) is 0 Å². The average Bonchev–Trinajstić information content (AvgIpc) is 2.86. The van der Waals surface area contributed by atoms with Crippen molar-refractivity contribution < 1.29 is 4.57 Å². The Labute approximate surface area is 194 Å². The Balaban J connectivity index is 1.35. The molecule has 0 bridgehead atoms. The summed E-state index contributed by atoms with van der Waals surface area (Å²) in [5.41, 5.74) is 8.14. The van der Waals surface area contributed by atoms with Gasteiger partial charge in [-0.1, -0.05) is 74.6 Å². The third kappa shape index (κ3) is 4.53. The Bertz CT molecular complexity index is 1050. The molecule has 2 aliphatic rings. The fourth-order valence-corrected chi connectivity index (χ4v) is 6.38. The number of nitrogens with zero attached hydrogens (tertiary/aromatic N) is 1. The Morgan fingerprint density at radius 3 is 2.19 bits per heavy atom. The summed E-state index contributed by atoms with van der Waals surface area (Å²) in [6.07, 6.45) is 15.3. The van der Waals surface area contributed by atoms with E-state index in [2.05, 4.69) is 85.4 Å². The van der Waals surface area contributed by atoms with Crippen LogP contribution in [0.25, 0.3) is 22.4 Å². The first kappa shape index (κ1) is 21.4. The maximum absolute atomic E-state index is 2.47. The lowest BCUT2D eigenvalue weighted by Gasteiger charge is -2.36. The number of pyridine rings is 1. The maximum atomic E-state index is 2.47. The molecule has 0 spiro atoms. The fraction of sp³-hybridized carbons (Fsp3) is 0.452. The van der Waals surface area contributed by atoms with E-state index in [-0.39, 0.29) is 0 Å². The molecule has 5 rings (SSSR count). The van der Waals surface area contributed by atoms with Gasteiger partial charge in [-0.05, 0) is 78.7 Å². The molecular weight excluding hydrogens is 386 g/mol. The number of aryl methyl sites for hydroxylation is 2. The van der Waals surface area contributed by atoms with E-state index in [1.807, 2.05) is 0 Å². The third-order valence-corrected chi connectivity index (χ3v) is 8.35. The van der Waals surface area contributed by atoms with Gasteiger partial charge in [0.1, 0.15) is 7.05 Å². The summed E-state index contributed by atoms with van der Waals surface area (Å²) in [4.78, 5) is 0. The molecule has 0 amide bonds. The molecule has 2 fully saturated rings. The topological polar surface area (TPSA) is 3.88 Å². The molecule has 0 unspecified atom stereocenters. The van der Waals surface area contributed by atoms with Crippen molar-refractivity contribution in [2.75, 3.05) is 0 Å².